The Morgan fingerprint density at radius 1 is 0.943 bits per heavy atom. The molecular formula is C24H25FN8O2. The largest absolute Gasteiger partial charge is 0.491 e. The molecule has 0 radical (unpaired) electrons. The zero-order valence-corrected chi connectivity index (χ0v) is 19.6. The summed E-state index contributed by atoms with van der Waals surface area (Å²) in [7, 11) is 5.73. The predicted molar refractivity (Wildman–Crippen MR) is 130 cm³/mol. The van der Waals surface area contributed by atoms with Crippen molar-refractivity contribution >= 4 is 34.2 Å². The lowest BCUT2D eigenvalue weighted by Crippen LogP contribution is -2.46. The molecule has 4 aromatic heterocycles. The van der Waals surface area contributed by atoms with Crippen LogP contribution in [0, 0.1) is 5.82 Å². The quantitative estimate of drug-likeness (QED) is 0.388. The fraction of sp³-hybridized carbons (Fsp3) is 0.292. The van der Waals surface area contributed by atoms with E-state index in [1.54, 1.807) is 43.9 Å². The number of aromatic nitrogens is 5. The molecule has 5 rings (SSSR count). The van der Waals surface area contributed by atoms with Crippen molar-refractivity contribution in [1.29, 1.82) is 0 Å². The molecule has 0 unspecified atom stereocenters. The first-order chi connectivity index (χ1) is 17.0. The van der Waals surface area contributed by atoms with Crippen molar-refractivity contribution in [2.45, 2.75) is 25.0 Å². The van der Waals surface area contributed by atoms with Crippen molar-refractivity contribution in [1.82, 2.24) is 29.8 Å². The Morgan fingerprint density at radius 3 is 2.49 bits per heavy atom. The number of nitrogens with one attached hydrogen (secondary N) is 2. The minimum Gasteiger partial charge on any atom is -0.491 e. The molecule has 2 N–H and O–H groups in total. The summed E-state index contributed by atoms with van der Waals surface area (Å²) in [4.78, 5) is 23.7. The Labute approximate surface area is 201 Å². The van der Waals surface area contributed by atoms with Gasteiger partial charge in [-0.2, -0.15) is 4.98 Å². The summed E-state index contributed by atoms with van der Waals surface area (Å²) in [6.45, 7) is 0. The smallest absolute Gasteiger partial charge is 0.257 e. The number of ether oxygens (including phenoxy) is 2. The predicted octanol–water partition coefficient (Wildman–Crippen LogP) is 3.92. The van der Waals surface area contributed by atoms with Crippen LogP contribution in [-0.4, -0.2) is 63.2 Å². The van der Waals surface area contributed by atoms with Crippen molar-refractivity contribution in [3.05, 3.63) is 54.9 Å². The Hall–Kier alpha value is -4.12. The number of halogens is 1. The van der Waals surface area contributed by atoms with Crippen LogP contribution in [0.1, 0.15) is 12.8 Å². The van der Waals surface area contributed by atoms with Gasteiger partial charge in [0.1, 0.15) is 17.7 Å². The monoisotopic (exact) mass is 476 g/mol. The molecule has 1 aliphatic rings. The summed E-state index contributed by atoms with van der Waals surface area (Å²) in [5.74, 6) is 1.49. The molecule has 4 heterocycles. The van der Waals surface area contributed by atoms with E-state index in [0.29, 0.717) is 51.8 Å². The number of nitrogens with zero attached hydrogens (tertiary/aromatic N) is 6. The summed E-state index contributed by atoms with van der Waals surface area (Å²) in [5, 5.41) is 6.30. The van der Waals surface area contributed by atoms with Crippen LogP contribution in [0.15, 0.2) is 49.1 Å². The molecule has 1 saturated carbocycles. The van der Waals surface area contributed by atoms with E-state index < -0.39 is 5.82 Å². The standard InChI is InChI=1S/C24H25FN8O2/c1-33(2)17-9-18(10-17)35-23-21(34-3)8-16(13-29-23)31-24-26-5-4-22(32-24)30-15-7-20-19(28-12-15)6-14(25)11-27-20/h4-8,11-13,17-18H,9-10H2,1-3H3,(H2,26,30,31,32). The van der Waals surface area contributed by atoms with E-state index >= 15 is 0 Å². The van der Waals surface area contributed by atoms with Crippen LogP contribution in [-0.2, 0) is 0 Å². The lowest BCUT2D eigenvalue weighted by Gasteiger charge is -2.39. The third kappa shape index (κ3) is 5.19. The Kier molecular flexibility index (Phi) is 6.23. The fourth-order valence-corrected chi connectivity index (χ4v) is 3.76. The molecule has 180 valence electrons. The average Bonchev–Trinajstić information content (AvgIpc) is 2.82. The van der Waals surface area contributed by atoms with Crippen molar-refractivity contribution in [3.8, 4) is 11.6 Å². The van der Waals surface area contributed by atoms with Gasteiger partial charge in [0.05, 0.1) is 48.1 Å². The van der Waals surface area contributed by atoms with Crippen LogP contribution in [0.4, 0.5) is 27.5 Å². The number of hydrogen-bond donors (Lipinski definition) is 2. The fourth-order valence-electron chi connectivity index (χ4n) is 3.76. The number of rotatable bonds is 8. The molecule has 0 saturated heterocycles. The highest BCUT2D eigenvalue weighted by molar-refractivity contribution is 5.78. The van der Waals surface area contributed by atoms with Crippen LogP contribution >= 0.6 is 0 Å². The number of pyridine rings is 3. The van der Waals surface area contributed by atoms with Gasteiger partial charge in [-0.15, -0.1) is 0 Å². The van der Waals surface area contributed by atoms with Crippen molar-refractivity contribution in [3.63, 3.8) is 0 Å². The van der Waals surface area contributed by atoms with Crippen molar-refractivity contribution < 1.29 is 13.9 Å². The molecule has 1 fully saturated rings. The maximum Gasteiger partial charge on any atom is 0.257 e. The number of fused-ring (bicyclic) bond motifs is 1. The first-order valence-corrected chi connectivity index (χ1v) is 11.1. The molecule has 0 amide bonds. The highest BCUT2D eigenvalue weighted by atomic mass is 19.1. The van der Waals surface area contributed by atoms with Crippen molar-refractivity contribution in [2.24, 2.45) is 0 Å². The first kappa shape index (κ1) is 22.7. The van der Waals surface area contributed by atoms with Gasteiger partial charge in [-0.25, -0.2) is 14.4 Å². The summed E-state index contributed by atoms with van der Waals surface area (Å²) >= 11 is 0. The van der Waals surface area contributed by atoms with Crippen LogP contribution in [0.5, 0.6) is 11.6 Å². The number of anilines is 4. The van der Waals surface area contributed by atoms with E-state index in [4.69, 9.17) is 9.47 Å². The minimum absolute atomic E-state index is 0.132. The second-order valence-electron chi connectivity index (χ2n) is 8.49. The van der Waals surface area contributed by atoms with E-state index in [2.05, 4.69) is 54.5 Å². The number of methoxy groups -OCH3 is 1. The van der Waals surface area contributed by atoms with Gasteiger partial charge >= 0.3 is 0 Å². The van der Waals surface area contributed by atoms with Gasteiger partial charge in [0.2, 0.25) is 5.95 Å². The highest BCUT2D eigenvalue weighted by Crippen LogP contribution is 2.34. The van der Waals surface area contributed by atoms with Crippen LogP contribution < -0.4 is 20.1 Å². The molecule has 0 atom stereocenters. The second kappa shape index (κ2) is 9.63. The minimum atomic E-state index is -0.427. The normalized spacial score (nSPS) is 17.2. The lowest BCUT2D eigenvalue weighted by molar-refractivity contribution is 0.0351. The van der Waals surface area contributed by atoms with E-state index in [1.807, 2.05) is 0 Å². The van der Waals surface area contributed by atoms with Gasteiger partial charge in [0, 0.05) is 37.2 Å². The molecule has 11 heteroatoms. The summed E-state index contributed by atoms with van der Waals surface area (Å²) in [6.07, 6.45) is 8.09. The van der Waals surface area contributed by atoms with Crippen molar-refractivity contribution in [2.75, 3.05) is 31.8 Å². The van der Waals surface area contributed by atoms with Crippen LogP contribution in [0.3, 0.4) is 0 Å². The molecule has 1 aliphatic carbocycles. The Bertz CT molecular complexity index is 1350. The Morgan fingerprint density at radius 2 is 1.69 bits per heavy atom. The average molecular weight is 477 g/mol. The third-order valence-electron chi connectivity index (χ3n) is 5.80. The highest BCUT2D eigenvalue weighted by Gasteiger charge is 2.33. The van der Waals surface area contributed by atoms with E-state index in [0.717, 1.165) is 19.0 Å². The SMILES string of the molecule is COc1cc(Nc2nccc(Nc3cnc4cc(F)cnc4c3)n2)cnc1OC1CC(N(C)C)C1. The number of hydrogen-bond acceptors (Lipinski definition) is 10. The molecule has 35 heavy (non-hydrogen) atoms. The van der Waals surface area contributed by atoms with E-state index in [-0.39, 0.29) is 6.10 Å². The summed E-state index contributed by atoms with van der Waals surface area (Å²) < 4.78 is 24.8. The molecule has 10 nitrogen and oxygen atoms in total. The second-order valence-corrected chi connectivity index (χ2v) is 8.49. The molecule has 0 aliphatic heterocycles. The lowest BCUT2D eigenvalue weighted by atomic mass is 9.88. The van der Waals surface area contributed by atoms with E-state index in [9.17, 15) is 4.39 Å². The van der Waals surface area contributed by atoms with Gasteiger partial charge in [-0.05, 0) is 26.2 Å². The maximum atomic E-state index is 13.3. The van der Waals surface area contributed by atoms with Crippen LogP contribution in [0.25, 0.3) is 11.0 Å². The van der Waals surface area contributed by atoms with Gasteiger partial charge < -0.3 is 25.0 Å². The van der Waals surface area contributed by atoms with Gasteiger partial charge in [-0.1, -0.05) is 0 Å². The zero-order chi connectivity index (χ0) is 24.4. The maximum absolute atomic E-state index is 13.3. The zero-order valence-electron chi connectivity index (χ0n) is 19.6. The third-order valence-corrected chi connectivity index (χ3v) is 5.80. The first-order valence-electron chi connectivity index (χ1n) is 11.1. The molecule has 0 bridgehead atoms. The molecule has 4 aromatic rings. The van der Waals surface area contributed by atoms with Crippen LogP contribution in [0.2, 0.25) is 0 Å². The van der Waals surface area contributed by atoms with E-state index in [1.165, 1.54) is 6.07 Å². The molecule has 0 spiro atoms. The Balaban J connectivity index is 1.26. The summed E-state index contributed by atoms with van der Waals surface area (Å²) in [6, 6.07) is 7.17. The molecular weight excluding hydrogens is 451 g/mol. The van der Waals surface area contributed by atoms with Gasteiger partial charge in [0.15, 0.2) is 5.75 Å². The van der Waals surface area contributed by atoms with Gasteiger partial charge in [0.25, 0.3) is 5.88 Å². The topological polar surface area (TPSA) is 110 Å². The van der Waals surface area contributed by atoms with Gasteiger partial charge in [-0.3, -0.25) is 9.97 Å². The molecule has 0 aromatic carbocycles. The summed E-state index contributed by atoms with van der Waals surface area (Å²) in [5.41, 5.74) is 2.37.